The van der Waals surface area contributed by atoms with Crippen LogP contribution in [0.1, 0.15) is 5.56 Å². The molecule has 2 aromatic carbocycles. The van der Waals surface area contributed by atoms with Gasteiger partial charge < -0.3 is 19.9 Å². The number of anilines is 1. The molecule has 0 atom stereocenters. The monoisotopic (exact) mass is 402 g/mol. The Hall–Kier alpha value is -3.12. The van der Waals surface area contributed by atoms with Crippen molar-refractivity contribution in [3.63, 3.8) is 0 Å². The molecule has 0 amide bonds. The number of fused-ring (bicyclic) bond motifs is 1. The fraction of sp³-hybridized carbons (Fsp3) is 0.200. The van der Waals surface area contributed by atoms with Gasteiger partial charge in [0.2, 0.25) is 0 Å². The highest BCUT2D eigenvalue weighted by Crippen LogP contribution is 2.34. The lowest BCUT2D eigenvalue weighted by Gasteiger charge is -2.13. The number of ether oxygens (including phenoxy) is 3. The first-order valence-corrected chi connectivity index (χ1v) is 8.61. The molecule has 0 saturated heterocycles. The molecule has 8 heteroatoms. The summed E-state index contributed by atoms with van der Waals surface area (Å²) in [5.74, 6) is 2.09. The molecule has 1 aromatic heterocycles. The van der Waals surface area contributed by atoms with Gasteiger partial charge >= 0.3 is 6.15 Å². The van der Waals surface area contributed by atoms with Crippen LogP contribution in [0.3, 0.4) is 0 Å². The number of nitrogen functional groups attached to an aromatic ring is 1. The molecule has 0 radical (unpaired) electrons. The average molecular weight is 403 g/mol. The van der Waals surface area contributed by atoms with Gasteiger partial charge in [-0.1, -0.05) is 11.6 Å². The van der Waals surface area contributed by atoms with Gasteiger partial charge in [0, 0.05) is 30.8 Å². The second kappa shape index (κ2) is 10.3. The molecule has 3 aromatic rings. The zero-order valence-electron chi connectivity index (χ0n) is 15.4. The van der Waals surface area contributed by atoms with Crippen LogP contribution in [0, 0.1) is 6.92 Å². The maximum absolute atomic E-state index is 8.12. The van der Waals surface area contributed by atoms with Crippen molar-refractivity contribution in [1.82, 2.24) is 4.98 Å². The summed E-state index contributed by atoms with van der Waals surface area (Å²) < 4.78 is 16.7. The molecule has 0 aliphatic carbocycles. The highest BCUT2D eigenvalue weighted by Gasteiger charge is 2.10. The highest BCUT2D eigenvalue weighted by atomic mass is 35.5. The molecule has 0 spiro atoms. The van der Waals surface area contributed by atoms with Crippen molar-refractivity contribution in [3.05, 3.63) is 53.2 Å². The standard InChI is InChI=1S/C19H19ClN2O3.CO2/c1-12-9-14-17(11-19(12)24-8-7-23-2)22-6-5-18(14)25-13-3-4-16(21)15(20)10-13;2-1-3/h3-6,9-11H,7-8,21H2,1-2H3;. The van der Waals surface area contributed by atoms with Crippen LogP contribution >= 0.6 is 11.6 Å². The van der Waals surface area contributed by atoms with Gasteiger partial charge in [-0.2, -0.15) is 9.59 Å². The van der Waals surface area contributed by atoms with Gasteiger partial charge in [0.25, 0.3) is 0 Å². The summed E-state index contributed by atoms with van der Waals surface area (Å²) in [5.41, 5.74) is 8.04. The summed E-state index contributed by atoms with van der Waals surface area (Å²) in [4.78, 5) is 20.7. The van der Waals surface area contributed by atoms with Gasteiger partial charge in [-0.25, -0.2) is 0 Å². The predicted octanol–water partition coefficient (Wildman–Crippen LogP) is 4.01. The van der Waals surface area contributed by atoms with Crippen LogP contribution in [0.2, 0.25) is 5.02 Å². The number of carbonyl (C=O) groups excluding carboxylic acids is 2. The molecule has 28 heavy (non-hydrogen) atoms. The van der Waals surface area contributed by atoms with E-state index in [1.54, 1.807) is 31.5 Å². The number of hydrogen-bond donors (Lipinski definition) is 1. The number of pyridine rings is 1. The van der Waals surface area contributed by atoms with E-state index < -0.39 is 0 Å². The lowest BCUT2D eigenvalue weighted by atomic mass is 10.1. The van der Waals surface area contributed by atoms with Crippen LogP contribution in [0.25, 0.3) is 10.9 Å². The summed E-state index contributed by atoms with van der Waals surface area (Å²) in [6.45, 7) is 3.01. The molecule has 0 aliphatic rings. The zero-order chi connectivity index (χ0) is 20.5. The number of aryl methyl sites for hydroxylation is 1. The third-order valence-corrected chi connectivity index (χ3v) is 4.07. The number of benzene rings is 2. The summed E-state index contributed by atoms with van der Waals surface area (Å²) in [6.07, 6.45) is 1.95. The van der Waals surface area contributed by atoms with Crippen molar-refractivity contribution in [2.75, 3.05) is 26.1 Å². The third-order valence-electron chi connectivity index (χ3n) is 3.74. The molecule has 7 nitrogen and oxygen atoms in total. The largest absolute Gasteiger partial charge is 0.491 e. The van der Waals surface area contributed by atoms with Gasteiger partial charge in [-0.05, 0) is 36.8 Å². The zero-order valence-corrected chi connectivity index (χ0v) is 16.2. The smallest absolute Gasteiger partial charge is 0.373 e. The number of rotatable bonds is 6. The van der Waals surface area contributed by atoms with Crippen LogP contribution in [0.4, 0.5) is 5.69 Å². The van der Waals surface area contributed by atoms with E-state index in [2.05, 4.69) is 4.98 Å². The van der Waals surface area contributed by atoms with E-state index in [1.165, 1.54) is 0 Å². The molecule has 0 bridgehead atoms. The number of nitrogens with zero attached hydrogens (tertiary/aromatic N) is 1. The van der Waals surface area contributed by atoms with Crippen molar-refractivity contribution < 1.29 is 23.8 Å². The summed E-state index contributed by atoms with van der Waals surface area (Å²) in [6, 6.07) is 10.9. The first-order chi connectivity index (χ1) is 13.5. The highest BCUT2D eigenvalue weighted by molar-refractivity contribution is 6.33. The van der Waals surface area contributed by atoms with E-state index in [0.29, 0.717) is 35.4 Å². The fourth-order valence-electron chi connectivity index (χ4n) is 2.43. The minimum absolute atomic E-state index is 0.250. The van der Waals surface area contributed by atoms with Gasteiger partial charge in [0.15, 0.2) is 0 Å². The van der Waals surface area contributed by atoms with E-state index in [1.807, 2.05) is 25.1 Å². The van der Waals surface area contributed by atoms with Crippen LogP contribution in [-0.4, -0.2) is 31.5 Å². The minimum Gasteiger partial charge on any atom is -0.491 e. The van der Waals surface area contributed by atoms with E-state index in [-0.39, 0.29) is 6.15 Å². The van der Waals surface area contributed by atoms with E-state index in [9.17, 15) is 0 Å². The minimum atomic E-state index is 0.250. The Labute approximate surface area is 167 Å². The Morgan fingerprint density at radius 2 is 1.86 bits per heavy atom. The average Bonchev–Trinajstić information content (AvgIpc) is 2.66. The fourth-order valence-corrected chi connectivity index (χ4v) is 2.60. The van der Waals surface area contributed by atoms with Crippen molar-refractivity contribution in [3.8, 4) is 17.2 Å². The molecule has 146 valence electrons. The van der Waals surface area contributed by atoms with E-state index in [0.717, 1.165) is 22.2 Å². The number of nitrogens with two attached hydrogens (primary N) is 1. The topological polar surface area (TPSA) is 101 Å². The molecule has 0 saturated carbocycles. The Morgan fingerprint density at radius 1 is 1.11 bits per heavy atom. The molecule has 1 heterocycles. The van der Waals surface area contributed by atoms with Gasteiger partial charge in [0.05, 0.1) is 22.8 Å². The SMILES string of the molecule is COCCOc1cc2nccc(Oc3ccc(N)c(Cl)c3)c2cc1C.O=C=O. The summed E-state index contributed by atoms with van der Waals surface area (Å²) >= 11 is 6.06. The normalized spacial score (nSPS) is 9.96. The summed E-state index contributed by atoms with van der Waals surface area (Å²) in [7, 11) is 1.64. The lowest BCUT2D eigenvalue weighted by Crippen LogP contribution is -2.05. The second-order valence-electron chi connectivity index (χ2n) is 5.65. The first kappa shape index (κ1) is 21.2. The lowest BCUT2D eigenvalue weighted by molar-refractivity contribution is -0.191. The number of hydrogen-bond acceptors (Lipinski definition) is 7. The van der Waals surface area contributed by atoms with Gasteiger partial charge in [0.1, 0.15) is 23.9 Å². The van der Waals surface area contributed by atoms with Gasteiger partial charge in [-0.15, -0.1) is 0 Å². The molecule has 0 fully saturated rings. The Bertz CT molecular complexity index is 988. The molecule has 3 rings (SSSR count). The Balaban J connectivity index is 0.000000878. The molecule has 0 aliphatic heterocycles. The molecule has 2 N–H and O–H groups in total. The quantitative estimate of drug-likeness (QED) is 0.491. The Kier molecular flexibility index (Phi) is 7.77. The van der Waals surface area contributed by atoms with Crippen molar-refractivity contribution in [1.29, 1.82) is 0 Å². The summed E-state index contributed by atoms with van der Waals surface area (Å²) in [5, 5.41) is 1.35. The number of methoxy groups -OCH3 is 1. The first-order valence-electron chi connectivity index (χ1n) is 8.23. The van der Waals surface area contributed by atoms with Crippen molar-refractivity contribution in [2.45, 2.75) is 6.92 Å². The van der Waals surface area contributed by atoms with E-state index >= 15 is 0 Å². The Morgan fingerprint density at radius 3 is 2.54 bits per heavy atom. The maximum atomic E-state index is 8.12. The van der Waals surface area contributed by atoms with Crippen LogP contribution in [-0.2, 0) is 14.3 Å². The van der Waals surface area contributed by atoms with E-state index in [4.69, 9.17) is 41.1 Å². The van der Waals surface area contributed by atoms with Crippen molar-refractivity contribution in [2.24, 2.45) is 0 Å². The maximum Gasteiger partial charge on any atom is 0.373 e. The number of halogens is 1. The van der Waals surface area contributed by atoms with Crippen LogP contribution in [0.5, 0.6) is 17.2 Å². The third kappa shape index (κ3) is 5.44. The van der Waals surface area contributed by atoms with Crippen LogP contribution in [0.15, 0.2) is 42.6 Å². The van der Waals surface area contributed by atoms with Crippen molar-refractivity contribution >= 4 is 34.3 Å². The molecular weight excluding hydrogens is 384 g/mol. The molecule has 0 unspecified atom stereocenters. The second-order valence-corrected chi connectivity index (χ2v) is 6.06. The van der Waals surface area contributed by atoms with Gasteiger partial charge in [-0.3, -0.25) is 4.98 Å². The molecular formula is C20H19ClN2O5. The predicted molar refractivity (Wildman–Crippen MR) is 105 cm³/mol. The van der Waals surface area contributed by atoms with Crippen LogP contribution < -0.4 is 15.2 Å². The number of aromatic nitrogens is 1.